The van der Waals surface area contributed by atoms with Crippen LogP contribution < -0.4 is 0 Å². The Bertz CT molecular complexity index is 279. The Labute approximate surface area is 90.0 Å². The molecule has 0 unspecified atom stereocenters. The van der Waals surface area contributed by atoms with Gasteiger partial charge in [0.05, 0.1) is 12.2 Å². The van der Waals surface area contributed by atoms with Gasteiger partial charge < -0.3 is 15.3 Å². The Balaban J connectivity index is 2.33. The number of phenols is 1. The molecule has 0 aliphatic heterocycles. The summed E-state index contributed by atoms with van der Waals surface area (Å²) in [7, 11) is 0. The van der Waals surface area contributed by atoms with Gasteiger partial charge in [-0.05, 0) is 43.9 Å². The Morgan fingerprint density at radius 3 is 2.27 bits per heavy atom. The summed E-state index contributed by atoms with van der Waals surface area (Å²) < 4.78 is 0. The molecule has 84 valence electrons. The number of hydrogen-bond acceptors (Lipinski definition) is 3. The standard InChI is InChI=1S/C12H18O3/c1-9(13)8-12(15)7-4-10-2-5-11(14)6-3-10/h2-3,5-6,9,12-15H,4,7-8H2,1H3/t9-,12-/m1/s1. The molecule has 0 aliphatic carbocycles. The van der Waals surface area contributed by atoms with Gasteiger partial charge in [0.25, 0.3) is 0 Å². The van der Waals surface area contributed by atoms with Crippen molar-refractivity contribution in [3.8, 4) is 5.75 Å². The van der Waals surface area contributed by atoms with Crippen LogP contribution in [0.25, 0.3) is 0 Å². The first kappa shape index (κ1) is 12.0. The Morgan fingerprint density at radius 1 is 1.13 bits per heavy atom. The summed E-state index contributed by atoms with van der Waals surface area (Å²) in [4.78, 5) is 0. The molecule has 2 atom stereocenters. The van der Waals surface area contributed by atoms with Crippen molar-refractivity contribution in [3.63, 3.8) is 0 Å². The third-order valence-corrected chi connectivity index (χ3v) is 2.32. The SMILES string of the molecule is C[C@@H](O)C[C@H](O)CCc1ccc(O)cc1. The summed E-state index contributed by atoms with van der Waals surface area (Å²) in [6.45, 7) is 1.67. The second-order valence-electron chi connectivity index (χ2n) is 3.94. The van der Waals surface area contributed by atoms with E-state index in [9.17, 15) is 5.11 Å². The lowest BCUT2D eigenvalue weighted by Crippen LogP contribution is -2.15. The average Bonchev–Trinajstić information content (AvgIpc) is 2.16. The smallest absolute Gasteiger partial charge is 0.115 e. The molecule has 3 N–H and O–H groups in total. The Kier molecular flexibility index (Phi) is 4.59. The molecule has 0 aliphatic rings. The molecule has 0 fully saturated rings. The van der Waals surface area contributed by atoms with Gasteiger partial charge in [0.1, 0.15) is 5.75 Å². The van der Waals surface area contributed by atoms with Crippen LogP contribution in [0.15, 0.2) is 24.3 Å². The normalized spacial score (nSPS) is 14.9. The summed E-state index contributed by atoms with van der Waals surface area (Å²) in [6.07, 6.45) is 0.890. The molecule has 0 radical (unpaired) electrons. The molecule has 1 aromatic rings. The molecule has 0 bridgehead atoms. The third kappa shape index (κ3) is 4.81. The van der Waals surface area contributed by atoms with E-state index in [4.69, 9.17) is 10.2 Å². The van der Waals surface area contributed by atoms with Crippen molar-refractivity contribution in [2.75, 3.05) is 0 Å². The van der Waals surface area contributed by atoms with E-state index in [0.717, 1.165) is 12.0 Å². The van der Waals surface area contributed by atoms with Crippen LogP contribution in [-0.4, -0.2) is 27.5 Å². The van der Waals surface area contributed by atoms with Crippen LogP contribution in [-0.2, 0) is 6.42 Å². The number of aliphatic hydroxyl groups is 2. The van der Waals surface area contributed by atoms with E-state index in [-0.39, 0.29) is 5.75 Å². The van der Waals surface area contributed by atoms with Crippen LogP contribution >= 0.6 is 0 Å². The number of phenolic OH excluding ortho intramolecular Hbond substituents is 1. The fraction of sp³-hybridized carbons (Fsp3) is 0.500. The van der Waals surface area contributed by atoms with E-state index in [1.807, 2.05) is 12.1 Å². The maximum Gasteiger partial charge on any atom is 0.115 e. The van der Waals surface area contributed by atoms with Crippen LogP contribution in [0.3, 0.4) is 0 Å². The van der Waals surface area contributed by atoms with Crippen LogP contribution in [0.5, 0.6) is 5.75 Å². The fourth-order valence-electron chi connectivity index (χ4n) is 1.51. The van der Waals surface area contributed by atoms with Crippen molar-refractivity contribution < 1.29 is 15.3 Å². The summed E-state index contributed by atoms with van der Waals surface area (Å²) in [5.41, 5.74) is 1.08. The number of aromatic hydroxyl groups is 1. The van der Waals surface area contributed by atoms with Crippen molar-refractivity contribution >= 4 is 0 Å². The monoisotopic (exact) mass is 210 g/mol. The molecule has 0 saturated carbocycles. The van der Waals surface area contributed by atoms with Gasteiger partial charge in [-0.1, -0.05) is 12.1 Å². The van der Waals surface area contributed by atoms with Gasteiger partial charge in [0.15, 0.2) is 0 Å². The first-order valence-electron chi connectivity index (χ1n) is 5.22. The summed E-state index contributed by atoms with van der Waals surface area (Å²) in [5, 5.41) is 27.7. The number of aliphatic hydroxyl groups excluding tert-OH is 2. The van der Waals surface area contributed by atoms with Crippen LogP contribution in [0.2, 0.25) is 0 Å². The van der Waals surface area contributed by atoms with E-state index >= 15 is 0 Å². The van der Waals surface area contributed by atoms with Crippen molar-refractivity contribution in [1.82, 2.24) is 0 Å². The lowest BCUT2D eigenvalue weighted by molar-refractivity contribution is 0.0854. The minimum atomic E-state index is -0.459. The molecule has 0 aromatic heterocycles. The molecule has 0 spiro atoms. The minimum absolute atomic E-state index is 0.253. The van der Waals surface area contributed by atoms with E-state index < -0.39 is 12.2 Å². The molecule has 0 heterocycles. The van der Waals surface area contributed by atoms with Gasteiger partial charge in [0.2, 0.25) is 0 Å². The Morgan fingerprint density at radius 2 is 1.73 bits per heavy atom. The van der Waals surface area contributed by atoms with Crippen LogP contribution in [0, 0.1) is 0 Å². The average molecular weight is 210 g/mol. The fourth-order valence-corrected chi connectivity index (χ4v) is 1.51. The van der Waals surface area contributed by atoms with Gasteiger partial charge in [-0.2, -0.15) is 0 Å². The highest BCUT2D eigenvalue weighted by atomic mass is 16.3. The minimum Gasteiger partial charge on any atom is -0.508 e. The zero-order valence-corrected chi connectivity index (χ0v) is 8.93. The van der Waals surface area contributed by atoms with Gasteiger partial charge in [0, 0.05) is 0 Å². The highest BCUT2D eigenvalue weighted by Gasteiger charge is 2.07. The summed E-state index contributed by atoms with van der Waals surface area (Å²) in [6, 6.07) is 6.95. The molecular formula is C12H18O3. The quantitative estimate of drug-likeness (QED) is 0.689. The van der Waals surface area contributed by atoms with Gasteiger partial charge in [-0.25, -0.2) is 0 Å². The highest BCUT2D eigenvalue weighted by Crippen LogP contribution is 2.13. The van der Waals surface area contributed by atoms with E-state index in [1.54, 1.807) is 19.1 Å². The first-order chi connectivity index (χ1) is 7.08. The number of rotatable bonds is 5. The largest absolute Gasteiger partial charge is 0.508 e. The van der Waals surface area contributed by atoms with Crippen molar-refractivity contribution in [1.29, 1.82) is 0 Å². The predicted octanol–water partition coefficient (Wildman–Crippen LogP) is 1.46. The van der Waals surface area contributed by atoms with E-state index in [2.05, 4.69) is 0 Å². The molecule has 0 saturated heterocycles. The van der Waals surface area contributed by atoms with E-state index in [0.29, 0.717) is 12.8 Å². The van der Waals surface area contributed by atoms with Gasteiger partial charge in [-0.3, -0.25) is 0 Å². The number of aryl methyl sites for hydroxylation is 1. The number of benzene rings is 1. The molecular weight excluding hydrogens is 192 g/mol. The lowest BCUT2D eigenvalue weighted by Gasteiger charge is -2.12. The Hall–Kier alpha value is -1.06. The second kappa shape index (κ2) is 5.73. The molecule has 0 amide bonds. The zero-order chi connectivity index (χ0) is 11.3. The molecule has 1 rings (SSSR count). The van der Waals surface area contributed by atoms with Crippen molar-refractivity contribution in [3.05, 3.63) is 29.8 Å². The zero-order valence-electron chi connectivity index (χ0n) is 8.93. The van der Waals surface area contributed by atoms with Gasteiger partial charge in [-0.15, -0.1) is 0 Å². The van der Waals surface area contributed by atoms with Crippen LogP contribution in [0.1, 0.15) is 25.3 Å². The molecule has 3 nitrogen and oxygen atoms in total. The summed E-state index contributed by atoms with van der Waals surface area (Å²) in [5.74, 6) is 0.253. The van der Waals surface area contributed by atoms with E-state index in [1.165, 1.54) is 0 Å². The lowest BCUT2D eigenvalue weighted by atomic mass is 10.0. The molecule has 3 heteroatoms. The highest BCUT2D eigenvalue weighted by molar-refractivity contribution is 5.25. The third-order valence-electron chi connectivity index (χ3n) is 2.32. The maximum absolute atomic E-state index is 9.53. The molecule has 15 heavy (non-hydrogen) atoms. The van der Waals surface area contributed by atoms with Crippen molar-refractivity contribution in [2.45, 2.75) is 38.4 Å². The second-order valence-corrected chi connectivity index (χ2v) is 3.94. The summed E-state index contributed by atoms with van der Waals surface area (Å²) >= 11 is 0. The number of hydrogen-bond donors (Lipinski definition) is 3. The van der Waals surface area contributed by atoms with Crippen molar-refractivity contribution in [2.24, 2.45) is 0 Å². The molecule has 1 aromatic carbocycles. The van der Waals surface area contributed by atoms with Gasteiger partial charge >= 0.3 is 0 Å². The topological polar surface area (TPSA) is 60.7 Å². The van der Waals surface area contributed by atoms with Crippen LogP contribution in [0.4, 0.5) is 0 Å². The predicted molar refractivity (Wildman–Crippen MR) is 58.7 cm³/mol. The maximum atomic E-state index is 9.53. The first-order valence-corrected chi connectivity index (χ1v) is 5.22.